The van der Waals surface area contributed by atoms with Crippen molar-refractivity contribution >= 4 is 71.6 Å². The van der Waals surface area contributed by atoms with Crippen LogP contribution in [0.4, 0.5) is 17.1 Å². The van der Waals surface area contributed by atoms with Crippen molar-refractivity contribution < 1.29 is 22.2 Å². The number of nitrogens with zero attached hydrogens (tertiary/aromatic N) is 2. The first-order valence-corrected chi connectivity index (χ1v) is 19.8. The Labute approximate surface area is 371 Å². The summed E-state index contributed by atoms with van der Waals surface area (Å²) < 4.78 is 126. The van der Waals surface area contributed by atoms with Crippen molar-refractivity contribution in [3.05, 3.63) is 230 Å². The van der Waals surface area contributed by atoms with E-state index in [2.05, 4.69) is 41.0 Å². The minimum atomic E-state index is -0.682. The third-order valence-corrected chi connectivity index (χ3v) is 11.2. The first-order valence-electron chi connectivity index (χ1n) is 26.3. The van der Waals surface area contributed by atoms with Gasteiger partial charge in [-0.15, -0.1) is 0 Å². The highest BCUT2D eigenvalue weighted by molar-refractivity contribution is 6.17. The second kappa shape index (κ2) is 14.3. The number of furan rings is 1. The SMILES string of the molecule is [2H]c1c([2H])c(N(c2ccc(-c3ccccc3)cc2)c2ccc(-c3cccc(-n4c5ccccc5c5ccccc54)c3)cc2)c([2H])c([2H])c1-c1c([2H])c([2H])c([2H])c2c1oc1c3c([2H])c([2H])c([2H])c([2H])c3c([2H])c([2H])c12. The predicted molar refractivity (Wildman–Crippen MR) is 257 cm³/mol. The van der Waals surface area contributed by atoms with E-state index in [9.17, 15) is 6.85 Å². The summed E-state index contributed by atoms with van der Waals surface area (Å²) in [6, 6.07) is 42.0. The Kier molecular flexibility index (Phi) is 5.64. The Morgan fingerprint density at radius 2 is 0.967 bits per heavy atom. The molecule has 0 N–H and O–H groups in total. The molecule has 0 bridgehead atoms. The van der Waals surface area contributed by atoms with Crippen LogP contribution >= 0.6 is 0 Å². The van der Waals surface area contributed by atoms with Crippen LogP contribution in [0.3, 0.4) is 0 Å². The van der Waals surface area contributed by atoms with E-state index in [1.165, 1.54) is 0 Å². The van der Waals surface area contributed by atoms with E-state index in [0.717, 1.165) is 49.7 Å². The maximum Gasteiger partial charge on any atom is 0.143 e. The Bertz CT molecular complexity index is 4260. The van der Waals surface area contributed by atoms with E-state index in [0.29, 0.717) is 11.4 Å². The lowest BCUT2D eigenvalue weighted by Gasteiger charge is -2.26. The first kappa shape index (κ1) is 24.1. The van der Waals surface area contributed by atoms with Gasteiger partial charge in [0.25, 0.3) is 0 Å². The number of benzene rings is 10. The lowest BCUT2D eigenvalue weighted by Crippen LogP contribution is -2.09. The fourth-order valence-electron chi connectivity index (χ4n) is 8.32. The summed E-state index contributed by atoms with van der Waals surface area (Å²) in [6.07, 6.45) is 0. The Morgan fingerprint density at radius 3 is 1.69 bits per heavy atom. The van der Waals surface area contributed by atoms with Gasteiger partial charge in [0.2, 0.25) is 0 Å². The zero-order valence-electron chi connectivity index (χ0n) is 45.2. The average Bonchev–Trinajstić information content (AvgIpc) is 4.00. The van der Waals surface area contributed by atoms with Crippen molar-refractivity contribution in [2.75, 3.05) is 4.90 Å². The highest BCUT2D eigenvalue weighted by atomic mass is 16.3. The quantitative estimate of drug-likeness (QED) is 0.160. The van der Waals surface area contributed by atoms with Crippen molar-refractivity contribution in [3.8, 4) is 39.1 Å². The summed E-state index contributed by atoms with van der Waals surface area (Å²) in [6.45, 7) is 0. The largest absolute Gasteiger partial charge is 0.455 e. The lowest BCUT2D eigenvalue weighted by atomic mass is 10.0. The summed E-state index contributed by atoms with van der Waals surface area (Å²) >= 11 is 0. The van der Waals surface area contributed by atoms with E-state index in [1.807, 2.05) is 115 Å². The maximum absolute atomic E-state index is 9.71. The molecule has 3 nitrogen and oxygen atoms in total. The Morgan fingerprint density at radius 1 is 0.377 bits per heavy atom. The van der Waals surface area contributed by atoms with Gasteiger partial charge in [-0.3, -0.25) is 0 Å². The van der Waals surface area contributed by atoms with Gasteiger partial charge in [0.1, 0.15) is 11.2 Å². The third kappa shape index (κ3) is 5.90. The second-order valence-electron chi connectivity index (χ2n) is 14.7. The number of anilines is 3. The molecule has 2 heterocycles. The molecule has 0 radical (unpaired) electrons. The van der Waals surface area contributed by atoms with Gasteiger partial charge in [-0.25, -0.2) is 0 Å². The van der Waals surface area contributed by atoms with Gasteiger partial charge in [-0.2, -0.15) is 0 Å². The number of aromatic nitrogens is 1. The number of hydrogen-bond acceptors (Lipinski definition) is 2. The van der Waals surface area contributed by atoms with Gasteiger partial charge in [0, 0.05) is 55.2 Å². The van der Waals surface area contributed by atoms with Crippen molar-refractivity contribution in [2.45, 2.75) is 0 Å². The minimum absolute atomic E-state index is 0.123. The molecule has 0 aliphatic heterocycles. The van der Waals surface area contributed by atoms with Crippen molar-refractivity contribution in [3.63, 3.8) is 0 Å². The van der Waals surface area contributed by atoms with Crippen molar-refractivity contribution in [1.29, 1.82) is 0 Å². The molecule has 61 heavy (non-hydrogen) atoms. The van der Waals surface area contributed by atoms with Gasteiger partial charge in [0.05, 0.1) is 28.9 Å². The van der Waals surface area contributed by atoms with Crippen molar-refractivity contribution in [1.82, 2.24) is 4.57 Å². The molecule has 0 aliphatic rings. The van der Waals surface area contributed by atoms with E-state index in [-0.39, 0.29) is 44.0 Å². The van der Waals surface area contributed by atoms with E-state index in [1.54, 1.807) is 4.90 Å². The molecule has 0 fully saturated rings. The van der Waals surface area contributed by atoms with Crippen LogP contribution in [0.25, 0.3) is 93.6 Å². The Hall–Kier alpha value is -8.14. The van der Waals surface area contributed by atoms with Crippen LogP contribution in [0.1, 0.15) is 17.8 Å². The normalized spacial score (nSPS) is 14.6. The molecule has 12 rings (SSSR count). The molecule has 3 heteroatoms. The van der Waals surface area contributed by atoms with Crippen LogP contribution in [-0.2, 0) is 0 Å². The molecular weight excluding hydrogens is 741 g/mol. The zero-order valence-corrected chi connectivity index (χ0v) is 32.2. The summed E-state index contributed by atoms with van der Waals surface area (Å²) in [4.78, 5) is 1.64. The molecule has 0 aliphatic carbocycles. The maximum atomic E-state index is 9.71. The molecule has 0 amide bonds. The molecule has 286 valence electrons. The standard InChI is InChI=1S/C58H38N2O/c1-2-12-39(13-3-1)40-24-31-45(32-25-40)59(47-35-28-43(29-36-47)50-20-11-21-53-54-37-30-42-14-4-5-17-49(42)58(54)61-57(50)53)46-33-26-41(27-34-46)44-15-10-16-48(38-44)60-55-22-8-6-18-51(55)52-19-7-9-23-56(52)60/h1-38H/i4D,5D,11D,14D,17D,20D,21D,28D,29D,30D,35D,36D,37D. The fourth-order valence-corrected chi connectivity index (χ4v) is 8.32. The molecule has 12 aromatic rings. The zero-order chi connectivity index (χ0) is 51.6. The van der Waals surface area contributed by atoms with Gasteiger partial charge in [-0.1, -0.05) is 164 Å². The van der Waals surface area contributed by atoms with E-state index < -0.39 is 84.1 Å². The summed E-state index contributed by atoms with van der Waals surface area (Å²) in [7, 11) is 0. The van der Waals surface area contributed by atoms with Crippen LogP contribution < -0.4 is 4.90 Å². The second-order valence-corrected chi connectivity index (χ2v) is 14.7. The minimum Gasteiger partial charge on any atom is -0.455 e. The molecule has 2 aromatic heterocycles. The fraction of sp³-hybridized carbons (Fsp3) is 0. The van der Waals surface area contributed by atoms with Crippen LogP contribution in [0.2, 0.25) is 0 Å². The van der Waals surface area contributed by atoms with Crippen molar-refractivity contribution in [2.24, 2.45) is 0 Å². The summed E-state index contributed by atoms with van der Waals surface area (Å²) in [5, 5.41) is 1.27. The third-order valence-electron chi connectivity index (χ3n) is 11.2. The molecule has 0 atom stereocenters. The van der Waals surface area contributed by atoms with Crippen LogP contribution in [0.15, 0.2) is 235 Å². The highest BCUT2D eigenvalue weighted by Crippen LogP contribution is 2.42. The first-order chi connectivity index (χ1) is 35.7. The lowest BCUT2D eigenvalue weighted by molar-refractivity contribution is 0.674. The number of rotatable bonds is 7. The summed E-state index contributed by atoms with van der Waals surface area (Å²) in [5.74, 6) is 0. The highest BCUT2D eigenvalue weighted by Gasteiger charge is 2.18. The van der Waals surface area contributed by atoms with Gasteiger partial charge in [0.15, 0.2) is 0 Å². The van der Waals surface area contributed by atoms with Gasteiger partial charge in [-0.05, 0) is 99.9 Å². The van der Waals surface area contributed by atoms with Crippen LogP contribution in [0.5, 0.6) is 0 Å². The predicted octanol–water partition coefficient (Wildman–Crippen LogP) is 16.3. The van der Waals surface area contributed by atoms with Gasteiger partial charge >= 0.3 is 0 Å². The molecule has 10 aromatic carbocycles. The number of hydrogen-bond donors (Lipinski definition) is 0. The summed E-state index contributed by atoms with van der Waals surface area (Å²) in [5.41, 5.74) is 6.23. The molecular formula is C58H38N2O. The van der Waals surface area contributed by atoms with E-state index >= 15 is 0 Å². The number of fused-ring (bicyclic) bond motifs is 8. The molecule has 0 saturated carbocycles. The molecule has 0 unspecified atom stereocenters. The molecule has 0 spiro atoms. The topological polar surface area (TPSA) is 21.3 Å². The smallest absolute Gasteiger partial charge is 0.143 e. The number of para-hydroxylation sites is 3. The molecule has 0 saturated heterocycles. The van der Waals surface area contributed by atoms with Crippen LogP contribution in [0, 0.1) is 0 Å². The Balaban J connectivity index is 1.04. The van der Waals surface area contributed by atoms with E-state index in [4.69, 9.17) is 15.4 Å². The average molecular weight is 792 g/mol. The monoisotopic (exact) mass is 791 g/mol. The van der Waals surface area contributed by atoms with Crippen LogP contribution in [-0.4, -0.2) is 4.57 Å². The van der Waals surface area contributed by atoms with Gasteiger partial charge < -0.3 is 13.9 Å².